The predicted molar refractivity (Wildman–Crippen MR) is 190 cm³/mol. The van der Waals surface area contributed by atoms with Gasteiger partial charge in [-0.05, 0) is 104 Å². The first-order valence-corrected chi connectivity index (χ1v) is 22.7. The van der Waals surface area contributed by atoms with E-state index in [0.717, 1.165) is 44.6 Å². The molecule has 3 aliphatic heterocycles. The Bertz CT molecular complexity index is 1330. The van der Waals surface area contributed by atoms with Crippen LogP contribution in [0.1, 0.15) is 82.4 Å². The maximum atomic E-state index is 12.9. The second kappa shape index (κ2) is 20.7. The third-order valence-electron chi connectivity index (χ3n) is 9.10. The standard InChI is InChI=1S/C17H27ClN3O6P.C7H14O.C6H12Cl2NO2P/c1-12-9-20(17(23)19-16(12)22)15-7-3-6-14(27-15)11-26-28(18,24)21-8-4-5-13(21)10-25-2;1-8-6-7-4-2-3-5-7;1-11-5-6-3-2-4-9(6)12(7,8)10/h9,13-15H,3-8,10-11H2,1-2H3,(H,19,22,23);7H,2-6H2,1H3;6H,2-5H2,1H3/t13-,14-,15+,28?;;6-/m0.0/s1. The molecule has 4 fully saturated rings. The molecule has 18 heteroatoms. The molecule has 4 aliphatic rings. The third kappa shape index (κ3) is 13.1. The smallest absolute Gasteiger partial charge is 0.363 e. The van der Waals surface area contributed by atoms with E-state index in [1.54, 1.807) is 37.6 Å². The van der Waals surface area contributed by atoms with Gasteiger partial charge in [-0.25, -0.2) is 14.1 Å². The van der Waals surface area contributed by atoms with Crippen molar-refractivity contribution >= 4 is 46.6 Å². The van der Waals surface area contributed by atoms with Gasteiger partial charge in [0.15, 0.2) is 0 Å². The molecule has 48 heavy (non-hydrogen) atoms. The van der Waals surface area contributed by atoms with Crippen molar-refractivity contribution in [1.29, 1.82) is 0 Å². The molecule has 5 rings (SSSR count). The molecule has 0 bridgehead atoms. The lowest BCUT2D eigenvalue weighted by Gasteiger charge is -2.33. The summed E-state index contributed by atoms with van der Waals surface area (Å²) in [4.78, 5) is 25.9. The van der Waals surface area contributed by atoms with E-state index in [2.05, 4.69) is 4.98 Å². The maximum absolute atomic E-state index is 12.9. The molecule has 1 aromatic rings. The Morgan fingerprint density at radius 1 is 0.792 bits per heavy atom. The number of H-pyrrole nitrogens is 1. The van der Waals surface area contributed by atoms with Crippen molar-refractivity contribution in [3.8, 4) is 0 Å². The van der Waals surface area contributed by atoms with E-state index in [1.807, 2.05) is 0 Å². The molecule has 3 saturated heterocycles. The van der Waals surface area contributed by atoms with Crippen LogP contribution in [0.4, 0.5) is 0 Å². The zero-order chi connectivity index (χ0) is 35.3. The van der Waals surface area contributed by atoms with Gasteiger partial charge in [-0.2, -0.15) is 0 Å². The molecular formula is C30H53Cl3N4O9P2. The van der Waals surface area contributed by atoms with Gasteiger partial charge in [-0.15, -0.1) is 0 Å². The van der Waals surface area contributed by atoms with Crippen molar-refractivity contribution in [3.63, 3.8) is 0 Å². The van der Waals surface area contributed by atoms with Gasteiger partial charge in [0, 0.05) is 64.9 Å². The van der Waals surface area contributed by atoms with Crippen LogP contribution in [0.15, 0.2) is 15.8 Å². The van der Waals surface area contributed by atoms with Crippen LogP contribution in [-0.4, -0.2) is 97.9 Å². The Morgan fingerprint density at radius 3 is 1.96 bits per heavy atom. The lowest BCUT2D eigenvalue weighted by atomic mass is 10.1. The van der Waals surface area contributed by atoms with E-state index >= 15 is 0 Å². The van der Waals surface area contributed by atoms with Crippen LogP contribution in [0, 0.1) is 12.8 Å². The van der Waals surface area contributed by atoms with Gasteiger partial charge in [0.25, 0.3) is 5.56 Å². The molecular weight excluding hydrogens is 729 g/mol. The summed E-state index contributed by atoms with van der Waals surface area (Å²) in [7, 11) is 5.01. The Morgan fingerprint density at radius 2 is 1.38 bits per heavy atom. The summed E-state index contributed by atoms with van der Waals surface area (Å²) in [5.41, 5.74) is -0.481. The molecule has 1 N–H and O–H groups in total. The lowest BCUT2D eigenvalue weighted by molar-refractivity contribution is -0.105. The average Bonchev–Trinajstić information content (AvgIpc) is 3.83. The van der Waals surface area contributed by atoms with E-state index in [0.29, 0.717) is 44.7 Å². The number of ether oxygens (including phenoxy) is 4. The van der Waals surface area contributed by atoms with Crippen LogP contribution < -0.4 is 11.2 Å². The monoisotopic (exact) mass is 780 g/mol. The number of aromatic nitrogens is 2. The summed E-state index contributed by atoms with van der Waals surface area (Å²) in [6, 6.07) is 0.104. The first-order chi connectivity index (χ1) is 22.8. The van der Waals surface area contributed by atoms with Gasteiger partial charge < -0.3 is 23.5 Å². The third-order valence-corrected chi connectivity index (χ3v) is 13.9. The number of aromatic amines is 1. The van der Waals surface area contributed by atoms with Crippen LogP contribution in [0.2, 0.25) is 0 Å². The van der Waals surface area contributed by atoms with Crippen LogP contribution >= 0.6 is 46.6 Å². The summed E-state index contributed by atoms with van der Waals surface area (Å²) < 4.78 is 55.7. The van der Waals surface area contributed by atoms with Crippen LogP contribution in [-0.2, 0) is 32.6 Å². The quantitative estimate of drug-likeness (QED) is 0.222. The summed E-state index contributed by atoms with van der Waals surface area (Å²) >= 11 is 17.4. The van der Waals surface area contributed by atoms with Gasteiger partial charge in [-0.3, -0.25) is 23.5 Å². The fourth-order valence-electron chi connectivity index (χ4n) is 6.65. The van der Waals surface area contributed by atoms with Crippen molar-refractivity contribution in [1.82, 2.24) is 18.9 Å². The number of methoxy groups -OCH3 is 3. The maximum Gasteiger partial charge on any atom is 0.363 e. The van der Waals surface area contributed by atoms with Crippen molar-refractivity contribution < 1.29 is 32.6 Å². The van der Waals surface area contributed by atoms with Gasteiger partial charge in [0.1, 0.15) is 6.23 Å². The highest BCUT2D eigenvalue weighted by molar-refractivity contribution is 8.06. The molecule has 1 aliphatic carbocycles. The van der Waals surface area contributed by atoms with Crippen molar-refractivity contribution in [2.24, 2.45) is 5.92 Å². The average molecular weight is 782 g/mol. The largest absolute Gasteiger partial charge is 0.384 e. The first kappa shape index (κ1) is 42.1. The highest BCUT2D eigenvalue weighted by Crippen LogP contribution is 2.62. The molecule has 5 atom stereocenters. The highest BCUT2D eigenvalue weighted by Gasteiger charge is 2.40. The molecule has 0 amide bonds. The van der Waals surface area contributed by atoms with Crippen molar-refractivity contribution in [2.45, 2.75) is 102 Å². The zero-order valence-electron chi connectivity index (χ0n) is 28.5. The molecule has 1 unspecified atom stereocenters. The van der Waals surface area contributed by atoms with E-state index in [-0.39, 0.29) is 24.8 Å². The lowest BCUT2D eigenvalue weighted by Crippen LogP contribution is -2.38. The fraction of sp³-hybridized carbons (Fsp3) is 0.867. The minimum atomic E-state index is -3.48. The van der Waals surface area contributed by atoms with E-state index < -0.39 is 30.3 Å². The summed E-state index contributed by atoms with van der Waals surface area (Å²) in [6.45, 7) is 1.53. The second-order valence-corrected chi connectivity index (χ2v) is 20.3. The first-order valence-electron chi connectivity index (χ1n) is 16.7. The number of aryl methyl sites for hydroxylation is 1. The summed E-state index contributed by atoms with van der Waals surface area (Å²) in [6.07, 6.45) is 12.2. The fourth-order valence-corrected chi connectivity index (χ4v) is 11.0. The Labute approximate surface area is 298 Å². The van der Waals surface area contributed by atoms with Gasteiger partial charge in [-0.1, -0.05) is 12.8 Å². The van der Waals surface area contributed by atoms with E-state index in [4.69, 9.17) is 57.2 Å². The molecule has 4 heterocycles. The van der Waals surface area contributed by atoms with Gasteiger partial charge in [0.2, 0.25) is 0 Å². The Balaban J connectivity index is 0.000000254. The molecule has 0 spiro atoms. The molecule has 13 nitrogen and oxygen atoms in total. The zero-order valence-corrected chi connectivity index (χ0v) is 32.6. The molecule has 1 saturated carbocycles. The molecule has 0 radical (unpaired) electrons. The van der Waals surface area contributed by atoms with Crippen molar-refractivity contribution in [3.05, 3.63) is 32.6 Å². The number of hydrogen-bond acceptors (Lipinski definition) is 9. The highest BCUT2D eigenvalue weighted by atomic mass is 35.9. The van der Waals surface area contributed by atoms with Crippen LogP contribution in [0.25, 0.3) is 0 Å². The molecule has 0 aromatic carbocycles. The number of nitrogens with zero attached hydrogens (tertiary/aromatic N) is 3. The van der Waals surface area contributed by atoms with Crippen LogP contribution in [0.3, 0.4) is 0 Å². The van der Waals surface area contributed by atoms with Gasteiger partial charge in [0.05, 0.1) is 25.9 Å². The van der Waals surface area contributed by atoms with Gasteiger partial charge >= 0.3 is 18.6 Å². The minimum Gasteiger partial charge on any atom is -0.384 e. The minimum absolute atomic E-state index is 0.0175. The van der Waals surface area contributed by atoms with E-state index in [9.17, 15) is 18.7 Å². The number of rotatable bonds is 12. The summed E-state index contributed by atoms with van der Waals surface area (Å²) in [5, 5.41) is 0. The SMILES string of the molecule is COCC1CCCC1.COC[C@@H]1CCCN1P(=O)(Cl)Cl.COC[C@@H]1CCCN1P(=O)(Cl)OC[C@@H]1CCC[C@H](n2cc(C)c(=O)[nH]c2=O)O1. The van der Waals surface area contributed by atoms with E-state index in [1.165, 1.54) is 36.4 Å². The number of hydrogen-bond donors (Lipinski definition) is 1. The van der Waals surface area contributed by atoms with Crippen LogP contribution in [0.5, 0.6) is 0 Å². The van der Waals surface area contributed by atoms with Crippen molar-refractivity contribution in [2.75, 3.05) is 60.8 Å². The normalized spacial score (nSPS) is 26.8. The topological polar surface area (TPSA) is 142 Å². The number of nitrogens with one attached hydrogen (secondary N) is 1. The Hall–Kier alpha value is -0.270. The summed E-state index contributed by atoms with van der Waals surface area (Å²) in [5.74, 6) is -2.21. The predicted octanol–water partition coefficient (Wildman–Crippen LogP) is 6.89. The molecule has 278 valence electrons. The Kier molecular flexibility index (Phi) is 18.2. The number of halogens is 3. The second-order valence-electron chi connectivity index (χ2n) is 12.7. The molecule has 1 aromatic heterocycles.